The molecule has 3 nitrogen and oxygen atoms in total. The largest absolute Gasteiger partial charge is 1.00 e. The summed E-state index contributed by atoms with van der Waals surface area (Å²) < 4.78 is 0. The van der Waals surface area contributed by atoms with Crippen molar-refractivity contribution in [1.82, 2.24) is 0 Å². The average molecular weight is 160 g/mol. The van der Waals surface area contributed by atoms with E-state index in [4.69, 9.17) is 15.3 Å². The minimum Gasteiger partial charge on any atom is -1.00 e. The quantitative estimate of drug-likeness (QED) is 0.382. The fourth-order valence-corrected chi connectivity index (χ4v) is 0.158. The predicted octanol–water partition coefficient (Wildman–Crippen LogP) is -3.13. The van der Waals surface area contributed by atoms with E-state index in [1.807, 2.05) is 0 Å². The van der Waals surface area contributed by atoms with E-state index in [2.05, 4.69) is 6.92 Å². The second kappa shape index (κ2) is 22.5. The van der Waals surface area contributed by atoms with Crippen LogP contribution in [-0.2, 0) is 0 Å². The number of aliphatic hydroxyl groups excluding tert-OH is 3. The number of hydrogen-bond donors (Lipinski definition) is 3. The third-order valence-corrected chi connectivity index (χ3v) is 0.612. The number of rotatable bonds is 3. The molecule has 0 fully saturated rings. The Labute approximate surface area is 85.9 Å². The molecule has 0 unspecified atom stereocenters. The van der Waals surface area contributed by atoms with E-state index in [1.54, 1.807) is 0 Å². The zero-order valence-corrected chi connectivity index (χ0v) is 8.88. The smallest absolute Gasteiger partial charge is 1.00 e. The van der Waals surface area contributed by atoms with Crippen LogP contribution in [0.3, 0.4) is 0 Å². The van der Waals surface area contributed by atoms with Gasteiger partial charge in [-0.05, 0) is 6.42 Å². The molecule has 3 N–H and O–H groups in total. The van der Waals surface area contributed by atoms with E-state index >= 15 is 0 Å². The van der Waals surface area contributed by atoms with E-state index < -0.39 is 0 Å². The van der Waals surface area contributed by atoms with Crippen LogP contribution in [-0.4, -0.2) is 35.1 Å². The summed E-state index contributed by atoms with van der Waals surface area (Å²) in [5.41, 5.74) is 0. The summed E-state index contributed by atoms with van der Waals surface area (Å²) in [6, 6.07) is 0. The third-order valence-electron chi connectivity index (χ3n) is 0.612. The predicted molar refractivity (Wildman–Crippen MR) is 37.3 cm³/mol. The van der Waals surface area contributed by atoms with Crippen LogP contribution in [0.1, 0.15) is 21.2 Å². The fraction of sp³-hybridized carbons (Fsp3) is 1.00. The zero-order chi connectivity index (χ0) is 7.54. The Morgan fingerprint density at radius 1 is 1.00 bits per heavy atom. The Balaban J connectivity index is -0.0000000383. The summed E-state index contributed by atoms with van der Waals surface area (Å²) >= 11 is 0. The first-order valence-corrected chi connectivity index (χ1v) is 3.16. The summed E-state index contributed by atoms with van der Waals surface area (Å²) in [7, 11) is 0. The van der Waals surface area contributed by atoms with Gasteiger partial charge in [0, 0.05) is 6.61 Å². The van der Waals surface area contributed by atoms with Crippen LogP contribution >= 0.6 is 0 Å². The van der Waals surface area contributed by atoms with Crippen LogP contribution in [0, 0.1) is 0 Å². The normalized spacial score (nSPS) is 7.20. The maximum absolute atomic E-state index is 8.07. The summed E-state index contributed by atoms with van der Waals surface area (Å²) in [6.45, 7) is 2.15. The molecule has 0 bridgehead atoms. The molecule has 10 heavy (non-hydrogen) atoms. The van der Waals surface area contributed by atoms with Crippen molar-refractivity contribution in [3.05, 3.63) is 0 Å². The molecule has 60 valence electrons. The molecule has 0 rings (SSSR count). The zero-order valence-electron chi connectivity index (χ0n) is 7.88. The van der Waals surface area contributed by atoms with Crippen LogP contribution in [0.4, 0.5) is 0 Å². The third kappa shape index (κ3) is 36.6. The molecule has 0 aliphatic heterocycles. The van der Waals surface area contributed by atoms with Crippen molar-refractivity contribution in [3.63, 3.8) is 0 Å². The number of aliphatic hydroxyl groups is 3. The standard InChI is InChI=1S/C4H10O.C2H6O2.Na.H/c1-2-3-4-5;3-1-2-4;;/h5H,2-4H2,1H3;3-4H,1-2H2;;/q;;+1;-1. The molecular formula is C6H17NaO3. The van der Waals surface area contributed by atoms with Crippen molar-refractivity contribution in [1.29, 1.82) is 0 Å². The summed E-state index contributed by atoms with van der Waals surface area (Å²) in [4.78, 5) is 0. The second-order valence-corrected chi connectivity index (χ2v) is 1.52. The van der Waals surface area contributed by atoms with Crippen molar-refractivity contribution in [2.45, 2.75) is 19.8 Å². The molecule has 0 radical (unpaired) electrons. The minimum atomic E-state index is -0.125. The monoisotopic (exact) mass is 160 g/mol. The van der Waals surface area contributed by atoms with Gasteiger partial charge in [-0.25, -0.2) is 0 Å². The maximum Gasteiger partial charge on any atom is 1.00 e. The molecule has 4 heteroatoms. The van der Waals surface area contributed by atoms with Gasteiger partial charge in [0.25, 0.3) is 0 Å². The van der Waals surface area contributed by atoms with Crippen LogP contribution < -0.4 is 29.6 Å². The Morgan fingerprint density at radius 2 is 1.40 bits per heavy atom. The first-order chi connectivity index (χ1) is 4.33. The van der Waals surface area contributed by atoms with Gasteiger partial charge < -0.3 is 16.7 Å². The molecule has 0 aromatic carbocycles. The topological polar surface area (TPSA) is 60.7 Å². The van der Waals surface area contributed by atoms with Gasteiger partial charge in [0.2, 0.25) is 0 Å². The minimum absolute atomic E-state index is 0. The second-order valence-electron chi connectivity index (χ2n) is 1.52. The molecule has 0 saturated heterocycles. The molecule has 0 spiro atoms. The van der Waals surface area contributed by atoms with Crippen molar-refractivity contribution in [2.75, 3.05) is 19.8 Å². The van der Waals surface area contributed by atoms with Crippen molar-refractivity contribution < 1.29 is 46.3 Å². The summed E-state index contributed by atoms with van der Waals surface area (Å²) in [5.74, 6) is 0. The van der Waals surface area contributed by atoms with Gasteiger partial charge in [0.15, 0.2) is 0 Å². The molecule has 0 saturated carbocycles. The van der Waals surface area contributed by atoms with Gasteiger partial charge in [-0.1, -0.05) is 13.3 Å². The molecule has 0 aliphatic carbocycles. The fourth-order valence-electron chi connectivity index (χ4n) is 0.158. The van der Waals surface area contributed by atoms with Crippen LogP contribution in [0.2, 0.25) is 0 Å². The number of hydrogen-bond acceptors (Lipinski definition) is 3. The van der Waals surface area contributed by atoms with Gasteiger partial charge in [0.05, 0.1) is 13.2 Å². The molecule has 0 aliphatic rings. The van der Waals surface area contributed by atoms with Gasteiger partial charge >= 0.3 is 29.6 Å². The first kappa shape index (κ1) is 17.1. The molecule has 0 heterocycles. The van der Waals surface area contributed by atoms with Gasteiger partial charge in [-0.3, -0.25) is 0 Å². The van der Waals surface area contributed by atoms with E-state index in [-0.39, 0.29) is 44.2 Å². The Bertz CT molecular complexity index is 37.0. The van der Waals surface area contributed by atoms with Gasteiger partial charge in [0.1, 0.15) is 0 Å². The maximum atomic E-state index is 8.07. The van der Waals surface area contributed by atoms with E-state index in [0.29, 0.717) is 6.61 Å². The molecule has 0 aromatic heterocycles. The van der Waals surface area contributed by atoms with Crippen molar-refractivity contribution >= 4 is 0 Å². The van der Waals surface area contributed by atoms with E-state index in [1.165, 1.54) is 0 Å². The average Bonchev–Trinajstić information content (AvgIpc) is 1.91. The molecule has 0 aromatic rings. The van der Waals surface area contributed by atoms with Gasteiger partial charge in [-0.2, -0.15) is 0 Å². The number of unbranched alkanes of at least 4 members (excludes halogenated alkanes) is 1. The van der Waals surface area contributed by atoms with Crippen molar-refractivity contribution in [2.24, 2.45) is 0 Å². The SMILES string of the molecule is CCCCO.OCCO.[H-].[Na+]. The van der Waals surface area contributed by atoms with Crippen molar-refractivity contribution in [3.8, 4) is 0 Å². The van der Waals surface area contributed by atoms with Gasteiger partial charge in [-0.15, -0.1) is 0 Å². The first-order valence-electron chi connectivity index (χ1n) is 3.16. The Kier molecular flexibility index (Phi) is 38.5. The molecule has 0 amide bonds. The Hall–Kier alpha value is 0.880. The van der Waals surface area contributed by atoms with E-state index in [9.17, 15) is 0 Å². The molecular weight excluding hydrogens is 143 g/mol. The van der Waals surface area contributed by atoms with Crippen LogP contribution in [0.15, 0.2) is 0 Å². The molecule has 0 atom stereocenters. The summed E-state index contributed by atoms with van der Waals surface area (Å²) in [5, 5.41) is 23.3. The Morgan fingerprint density at radius 3 is 1.40 bits per heavy atom. The van der Waals surface area contributed by atoms with Crippen LogP contribution in [0.5, 0.6) is 0 Å². The van der Waals surface area contributed by atoms with Crippen LogP contribution in [0.25, 0.3) is 0 Å². The van der Waals surface area contributed by atoms with E-state index in [0.717, 1.165) is 12.8 Å². The summed E-state index contributed by atoms with van der Waals surface area (Å²) in [6.07, 6.45) is 2.04.